The molecule has 0 aliphatic rings. The van der Waals surface area contributed by atoms with Crippen LogP contribution in [0.1, 0.15) is 12.5 Å². The van der Waals surface area contributed by atoms with Crippen LogP contribution in [0.15, 0.2) is 54.6 Å². The highest BCUT2D eigenvalue weighted by atomic mass is 35.5. The first kappa shape index (κ1) is 16.8. The van der Waals surface area contributed by atoms with E-state index in [1.54, 1.807) is 55.5 Å². The number of esters is 1. The van der Waals surface area contributed by atoms with E-state index in [-0.39, 0.29) is 6.61 Å². The Morgan fingerprint density at radius 3 is 2.39 bits per heavy atom. The van der Waals surface area contributed by atoms with E-state index in [9.17, 15) is 9.59 Å². The van der Waals surface area contributed by atoms with Gasteiger partial charge in [0.1, 0.15) is 12.6 Å². The fourth-order valence-electron chi connectivity index (χ4n) is 1.80. The lowest BCUT2D eigenvalue weighted by atomic mass is 10.2. The highest BCUT2D eigenvalue weighted by molar-refractivity contribution is 6.30. The number of carbonyl (C=O) groups excluding carboxylic acids is 2. The predicted octanol–water partition coefficient (Wildman–Crippen LogP) is 3.59. The molecule has 2 amide bonds. The summed E-state index contributed by atoms with van der Waals surface area (Å²) in [4.78, 5) is 23.7. The molecule has 6 heteroatoms. The van der Waals surface area contributed by atoms with Crippen molar-refractivity contribution in [2.24, 2.45) is 0 Å². The summed E-state index contributed by atoms with van der Waals surface area (Å²) in [7, 11) is 0. The zero-order chi connectivity index (χ0) is 16.7. The Kier molecular flexibility index (Phi) is 6.00. The topological polar surface area (TPSA) is 67.4 Å². The molecule has 0 bridgehead atoms. The van der Waals surface area contributed by atoms with Gasteiger partial charge in [-0.1, -0.05) is 41.9 Å². The minimum absolute atomic E-state index is 0.127. The summed E-state index contributed by atoms with van der Waals surface area (Å²) in [5, 5.41) is 5.78. The molecule has 0 aliphatic carbocycles. The summed E-state index contributed by atoms with van der Waals surface area (Å²) in [5.74, 6) is -0.511. The Hall–Kier alpha value is -2.53. The zero-order valence-electron chi connectivity index (χ0n) is 12.6. The molecule has 0 aliphatic heterocycles. The van der Waals surface area contributed by atoms with Crippen molar-refractivity contribution in [2.45, 2.75) is 19.6 Å². The average Bonchev–Trinajstić information content (AvgIpc) is 2.54. The first-order chi connectivity index (χ1) is 11.0. The van der Waals surface area contributed by atoms with Crippen molar-refractivity contribution < 1.29 is 14.3 Å². The van der Waals surface area contributed by atoms with E-state index in [4.69, 9.17) is 16.3 Å². The summed E-state index contributed by atoms with van der Waals surface area (Å²) in [5.41, 5.74) is 1.47. The van der Waals surface area contributed by atoms with Gasteiger partial charge in [-0.2, -0.15) is 0 Å². The number of benzene rings is 2. The smallest absolute Gasteiger partial charge is 0.328 e. The van der Waals surface area contributed by atoms with E-state index < -0.39 is 18.0 Å². The van der Waals surface area contributed by atoms with Gasteiger partial charge in [0.15, 0.2) is 0 Å². The fourth-order valence-corrected chi connectivity index (χ4v) is 1.93. The van der Waals surface area contributed by atoms with Crippen LogP contribution in [0, 0.1) is 0 Å². The van der Waals surface area contributed by atoms with Crippen LogP contribution in [-0.4, -0.2) is 18.0 Å². The summed E-state index contributed by atoms with van der Waals surface area (Å²) in [6.45, 7) is 1.69. The second kappa shape index (κ2) is 8.19. The zero-order valence-corrected chi connectivity index (χ0v) is 13.3. The van der Waals surface area contributed by atoms with E-state index in [2.05, 4.69) is 10.6 Å². The fraction of sp³-hybridized carbons (Fsp3) is 0.176. The number of ether oxygens (including phenoxy) is 1. The first-order valence-electron chi connectivity index (χ1n) is 7.08. The molecule has 1 atom stereocenters. The number of hydrogen-bond donors (Lipinski definition) is 2. The quantitative estimate of drug-likeness (QED) is 0.822. The second-order valence-electron chi connectivity index (χ2n) is 4.92. The van der Waals surface area contributed by atoms with Crippen LogP contribution >= 0.6 is 11.6 Å². The lowest BCUT2D eigenvalue weighted by molar-refractivity contribution is -0.146. The lowest BCUT2D eigenvalue weighted by Gasteiger charge is -2.14. The summed E-state index contributed by atoms with van der Waals surface area (Å²) in [6, 6.07) is 14.7. The van der Waals surface area contributed by atoms with Crippen molar-refractivity contribution >= 4 is 29.3 Å². The number of rotatable bonds is 5. The number of hydrogen-bond acceptors (Lipinski definition) is 3. The largest absolute Gasteiger partial charge is 0.459 e. The minimum atomic E-state index is -0.758. The van der Waals surface area contributed by atoms with Gasteiger partial charge in [-0.3, -0.25) is 0 Å². The Labute approximate surface area is 139 Å². The van der Waals surface area contributed by atoms with Crippen molar-refractivity contribution in [1.29, 1.82) is 0 Å². The molecular formula is C17H17ClN2O3. The lowest BCUT2D eigenvalue weighted by Crippen LogP contribution is -2.41. The highest BCUT2D eigenvalue weighted by Gasteiger charge is 2.17. The molecule has 5 nitrogen and oxygen atoms in total. The normalized spacial score (nSPS) is 11.4. The van der Waals surface area contributed by atoms with E-state index in [0.29, 0.717) is 10.7 Å². The monoisotopic (exact) mass is 332 g/mol. The SMILES string of the molecule is C[C@H](NC(=O)Nc1ccccc1)C(=O)OCc1ccc(Cl)cc1. The first-order valence-corrected chi connectivity index (χ1v) is 7.46. The predicted molar refractivity (Wildman–Crippen MR) is 89.3 cm³/mol. The summed E-state index contributed by atoms with van der Waals surface area (Å²) in [6.07, 6.45) is 0. The van der Waals surface area contributed by atoms with Crippen molar-refractivity contribution in [1.82, 2.24) is 5.32 Å². The maximum Gasteiger partial charge on any atom is 0.328 e. The average molecular weight is 333 g/mol. The third-order valence-electron chi connectivity index (χ3n) is 3.03. The number of urea groups is 1. The molecule has 0 fully saturated rings. The van der Waals surface area contributed by atoms with Gasteiger partial charge in [0, 0.05) is 10.7 Å². The van der Waals surface area contributed by atoms with Gasteiger partial charge in [-0.05, 0) is 36.8 Å². The van der Waals surface area contributed by atoms with Crippen LogP contribution in [-0.2, 0) is 16.1 Å². The Balaban J connectivity index is 1.78. The Morgan fingerprint density at radius 1 is 1.09 bits per heavy atom. The van der Waals surface area contributed by atoms with E-state index in [0.717, 1.165) is 5.56 Å². The number of carbonyl (C=O) groups is 2. The standard InChI is InChI=1S/C17H17ClN2O3/c1-12(19-17(22)20-15-5-3-2-4-6-15)16(21)23-11-13-7-9-14(18)10-8-13/h2-10,12H,11H2,1H3,(H2,19,20,22)/t12-/m0/s1. The van der Waals surface area contributed by atoms with Crippen molar-refractivity contribution in [3.8, 4) is 0 Å². The molecule has 0 heterocycles. The third kappa shape index (κ3) is 5.64. The number of amides is 2. The van der Waals surface area contributed by atoms with Gasteiger partial charge in [0.2, 0.25) is 0 Å². The summed E-state index contributed by atoms with van der Waals surface area (Å²) >= 11 is 5.79. The Morgan fingerprint density at radius 2 is 1.74 bits per heavy atom. The van der Waals surface area contributed by atoms with E-state index in [1.165, 1.54) is 0 Å². The maximum atomic E-state index is 11.9. The molecule has 0 radical (unpaired) electrons. The van der Waals surface area contributed by atoms with E-state index >= 15 is 0 Å². The molecule has 120 valence electrons. The molecule has 0 spiro atoms. The van der Waals surface area contributed by atoms with Crippen LogP contribution in [0.5, 0.6) is 0 Å². The van der Waals surface area contributed by atoms with Crippen molar-refractivity contribution in [3.63, 3.8) is 0 Å². The summed E-state index contributed by atoms with van der Waals surface area (Å²) < 4.78 is 5.16. The number of anilines is 1. The molecule has 0 aromatic heterocycles. The van der Waals surface area contributed by atoms with Crippen LogP contribution in [0.25, 0.3) is 0 Å². The molecular weight excluding hydrogens is 316 g/mol. The van der Waals surface area contributed by atoms with Gasteiger partial charge in [-0.15, -0.1) is 0 Å². The highest BCUT2D eigenvalue weighted by Crippen LogP contribution is 2.10. The van der Waals surface area contributed by atoms with Gasteiger partial charge in [0.05, 0.1) is 0 Å². The molecule has 2 rings (SSSR count). The molecule has 0 unspecified atom stereocenters. The number of halogens is 1. The van der Waals surface area contributed by atoms with Gasteiger partial charge < -0.3 is 15.4 Å². The second-order valence-corrected chi connectivity index (χ2v) is 5.36. The van der Waals surface area contributed by atoms with Crippen LogP contribution in [0.3, 0.4) is 0 Å². The van der Waals surface area contributed by atoms with Crippen molar-refractivity contribution in [2.75, 3.05) is 5.32 Å². The van der Waals surface area contributed by atoms with Gasteiger partial charge in [-0.25, -0.2) is 9.59 Å². The molecule has 2 aromatic rings. The molecule has 0 saturated carbocycles. The van der Waals surface area contributed by atoms with Crippen LogP contribution < -0.4 is 10.6 Å². The van der Waals surface area contributed by atoms with Gasteiger partial charge in [0.25, 0.3) is 0 Å². The number of nitrogens with one attached hydrogen (secondary N) is 2. The Bertz CT molecular complexity index is 659. The maximum absolute atomic E-state index is 11.9. The number of para-hydroxylation sites is 1. The van der Waals surface area contributed by atoms with Gasteiger partial charge >= 0.3 is 12.0 Å². The molecule has 23 heavy (non-hydrogen) atoms. The van der Waals surface area contributed by atoms with Crippen molar-refractivity contribution in [3.05, 3.63) is 65.2 Å². The molecule has 0 saturated heterocycles. The van der Waals surface area contributed by atoms with Crippen LogP contribution in [0.4, 0.5) is 10.5 Å². The molecule has 2 aromatic carbocycles. The van der Waals surface area contributed by atoms with Crippen LogP contribution in [0.2, 0.25) is 5.02 Å². The molecule has 2 N–H and O–H groups in total. The minimum Gasteiger partial charge on any atom is -0.459 e. The van der Waals surface area contributed by atoms with E-state index in [1.807, 2.05) is 6.07 Å². The third-order valence-corrected chi connectivity index (χ3v) is 3.28.